The van der Waals surface area contributed by atoms with E-state index in [1.54, 1.807) is 31.2 Å². The predicted octanol–water partition coefficient (Wildman–Crippen LogP) is 6.73. The average Bonchev–Trinajstić information content (AvgIpc) is 3.38. The van der Waals surface area contributed by atoms with Crippen LogP contribution in [0.15, 0.2) is 106 Å². The summed E-state index contributed by atoms with van der Waals surface area (Å²) in [6, 6.07) is 27.5. The maximum absolute atomic E-state index is 14.2. The number of ether oxygens (including phenoxy) is 2. The number of hydrogen-bond acceptors (Lipinski definition) is 7. The summed E-state index contributed by atoms with van der Waals surface area (Å²) in [7, 11) is 0. The molecular formula is C36H24FI2N3O4S. The Morgan fingerprint density at radius 3 is 2.40 bits per heavy atom. The molecule has 6 rings (SSSR count). The molecule has 7 nitrogen and oxygen atoms in total. The first-order valence-electron chi connectivity index (χ1n) is 14.4. The summed E-state index contributed by atoms with van der Waals surface area (Å²) in [4.78, 5) is 33.0. The molecule has 4 aromatic carbocycles. The zero-order valence-corrected chi connectivity index (χ0v) is 29.9. The third-order valence-electron chi connectivity index (χ3n) is 7.39. The van der Waals surface area contributed by atoms with Crippen molar-refractivity contribution in [2.45, 2.75) is 19.6 Å². The van der Waals surface area contributed by atoms with Crippen molar-refractivity contribution in [1.29, 1.82) is 5.26 Å². The highest BCUT2D eigenvalue weighted by Crippen LogP contribution is 2.35. The van der Waals surface area contributed by atoms with Gasteiger partial charge < -0.3 is 9.47 Å². The van der Waals surface area contributed by atoms with E-state index in [4.69, 9.17) is 14.5 Å². The number of nitriles is 1. The smallest absolute Gasteiger partial charge is 0.338 e. The van der Waals surface area contributed by atoms with Crippen LogP contribution in [0.5, 0.6) is 5.75 Å². The van der Waals surface area contributed by atoms with Crippen LogP contribution in [0, 0.1) is 24.3 Å². The Balaban J connectivity index is 1.47. The maximum atomic E-state index is 14.2. The second kappa shape index (κ2) is 14.3. The molecule has 11 heteroatoms. The number of benzene rings is 4. The SMILES string of the molecule is CCOC(=O)C1=C(c2ccccc2)N=c2s/c(=C\c3cc(I)c(OCc4ccccc4C#N)c(I)c3)c(=O)n2[C@@H]1c1ccc(F)cc1. The van der Waals surface area contributed by atoms with Gasteiger partial charge in [0.15, 0.2) is 4.80 Å². The summed E-state index contributed by atoms with van der Waals surface area (Å²) in [5.74, 6) is -0.353. The molecular weight excluding hydrogens is 843 g/mol. The van der Waals surface area contributed by atoms with E-state index in [0.717, 1.165) is 18.3 Å². The molecule has 47 heavy (non-hydrogen) atoms. The van der Waals surface area contributed by atoms with Gasteiger partial charge in [-0.05, 0) is 99.6 Å². The van der Waals surface area contributed by atoms with Crippen LogP contribution >= 0.6 is 56.5 Å². The van der Waals surface area contributed by atoms with Gasteiger partial charge in [0.1, 0.15) is 18.2 Å². The van der Waals surface area contributed by atoms with Crippen molar-refractivity contribution >= 4 is 74.3 Å². The van der Waals surface area contributed by atoms with Gasteiger partial charge in [0.2, 0.25) is 0 Å². The Hall–Kier alpha value is -4.13. The summed E-state index contributed by atoms with van der Waals surface area (Å²) in [5, 5.41) is 9.43. The number of nitrogens with zero attached hydrogens (tertiary/aromatic N) is 3. The van der Waals surface area contributed by atoms with E-state index < -0.39 is 17.8 Å². The second-order valence-electron chi connectivity index (χ2n) is 10.4. The highest BCUT2D eigenvalue weighted by molar-refractivity contribution is 14.1. The summed E-state index contributed by atoms with van der Waals surface area (Å²) >= 11 is 5.61. The normalized spacial score (nSPS) is 14.3. The molecule has 1 aromatic heterocycles. The van der Waals surface area contributed by atoms with E-state index >= 15 is 0 Å². The molecule has 0 N–H and O–H groups in total. The van der Waals surface area contributed by atoms with Gasteiger partial charge in [0.25, 0.3) is 5.56 Å². The van der Waals surface area contributed by atoms with Crippen LogP contribution in [-0.4, -0.2) is 17.1 Å². The Kier molecular flexibility index (Phi) is 10.00. The molecule has 1 atom stereocenters. The molecule has 0 aliphatic carbocycles. The van der Waals surface area contributed by atoms with Crippen LogP contribution in [0.4, 0.5) is 4.39 Å². The summed E-state index contributed by atoms with van der Waals surface area (Å²) in [6.07, 6.45) is 1.79. The van der Waals surface area contributed by atoms with Gasteiger partial charge in [-0.1, -0.05) is 72.0 Å². The molecule has 0 bridgehead atoms. The van der Waals surface area contributed by atoms with Gasteiger partial charge in [0, 0.05) is 11.1 Å². The molecule has 2 heterocycles. The van der Waals surface area contributed by atoms with Crippen molar-refractivity contribution in [3.63, 3.8) is 0 Å². The van der Waals surface area contributed by atoms with Crippen molar-refractivity contribution in [1.82, 2.24) is 4.57 Å². The number of thiazole rings is 1. The van der Waals surface area contributed by atoms with Crippen LogP contribution < -0.4 is 19.6 Å². The van der Waals surface area contributed by atoms with Crippen molar-refractivity contribution in [2.75, 3.05) is 6.61 Å². The predicted molar refractivity (Wildman–Crippen MR) is 195 cm³/mol. The molecule has 0 radical (unpaired) electrons. The Bertz CT molecular complexity index is 2240. The first-order chi connectivity index (χ1) is 22.8. The molecule has 0 saturated heterocycles. The summed E-state index contributed by atoms with van der Waals surface area (Å²) in [5.41, 5.74) is 3.63. The van der Waals surface area contributed by atoms with Gasteiger partial charge in [-0.15, -0.1) is 0 Å². The number of esters is 1. The van der Waals surface area contributed by atoms with Crippen molar-refractivity contribution in [3.05, 3.63) is 157 Å². The van der Waals surface area contributed by atoms with E-state index in [9.17, 15) is 19.2 Å². The van der Waals surface area contributed by atoms with Gasteiger partial charge >= 0.3 is 5.97 Å². The average molecular weight is 867 g/mol. The van der Waals surface area contributed by atoms with Crippen LogP contribution in [0.3, 0.4) is 0 Å². The molecule has 0 amide bonds. The van der Waals surface area contributed by atoms with Crippen LogP contribution in [0.1, 0.15) is 40.8 Å². The lowest BCUT2D eigenvalue weighted by atomic mass is 9.93. The third kappa shape index (κ3) is 6.81. The minimum Gasteiger partial charge on any atom is -0.487 e. The Labute approximate surface area is 300 Å². The molecule has 5 aromatic rings. The van der Waals surface area contributed by atoms with E-state index in [1.807, 2.05) is 60.7 Å². The number of carbonyl (C=O) groups is 1. The largest absolute Gasteiger partial charge is 0.487 e. The first kappa shape index (κ1) is 32.8. The molecule has 0 saturated carbocycles. The molecule has 234 valence electrons. The molecule has 1 aliphatic heterocycles. The maximum Gasteiger partial charge on any atom is 0.338 e. The Morgan fingerprint density at radius 1 is 1.04 bits per heavy atom. The molecule has 0 spiro atoms. The Morgan fingerprint density at radius 2 is 1.72 bits per heavy atom. The lowest BCUT2D eigenvalue weighted by Gasteiger charge is -2.25. The molecule has 1 aliphatic rings. The first-order valence-corrected chi connectivity index (χ1v) is 17.4. The quantitative estimate of drug-likeness (QED) is 0.128. The zero-order valence-electron chi connectivity index (χ0n) is 24.7. The second-order valence-corrected chi connectivity index (χ2v) is 13.7. The van der Waals surface area contributed by atoms with Crippen molar-refractivity contribution in [2.24, 2.45) is 4.99 Å². The molecule has 0 fully saturated rings. The van der Waals surface area contributed by atoms with Crippen LogP contribution in [-0.2, 0) is 16.1 Å². The fraction of sp³-hybridized carbons (Fsp3) is 0.111. The van der Waals surface area contributed by atoms with E-state index in [-0.39, 0.29) is 24.3 Å². The topological polar surface area (TPSA) is 93.7 Å². The molecule has 0 unspecified atom stereocenters. The fourth-order valence-electron chi connectivity index (χ4n) is 5.26. The number of fused-ring (bicyclic) bond motifs is 1. The standard InChI is InChI=1S/C36H24FI2N3O4S/c1-2-45-35(44)30-31(22-8-4-3-5-9-22)41-36-42(32(30)23-12-14-26(37)15-13-23)34(43)29(47-36)18-21-16-27(38)33(28(39)17-21)46-20-25-11-7-6-10-24(25)19-40/h3-18,32H,2,20H2,1H3/b29-18-/t32-/m1/s1. The van der Waals surface area contributed by atoms with E-state index in [0.29, 0.717) is 37.5 Å². The van der Waals surface area contributed by atoms with Gasteiger partial charge in [-0.3, -0.25) is 9.36 Å². The van der Waals surface area contributed by atoms with Crippen LogP contribution in [0.2, 0.25) is 0 Å². The number of carbonyl (C=O) groups excluding carboxylic acids is 1. The monoisotopic (exact) mass is 867 g/mol. The summed E-state index contributed by atoms with van der Waals surface area (Å²) in [6.45, 7) is 2.09. The summed E-state index contributed by atoms with van der Waals surface area (Å²) < 4.78 is 29.2. The van der Waals surface area contributed by atoms with Crippen LogP contribution in [0.25, 0.3) is 11.8 Å². The van der Waals surface area contributed by atoms with E-state index in [2.05, 4.69) is 51.3 Å². The number of halogens is 3. The minimum absolute atomic E-state index is 0.132. The lowest BCUT2D eigenvalue weighted by molar-refractivity contribution is -0.138. The fourth-order valence-corrected chi connectivity index (χ4v) is 8.39. The third-order valence-corrected chi connectivity index (χ3v) is 9.97. The highest BCUT2D eigenvalue weighted by atomic mass is 127. The number of aromatic nitrogens is 1. The zero-order chi connectivity index (χ0) is 33.1. The number of rotatable bonds is 8. The van der Waals surface area contributed by atoms with Gasteiger partial charge in [-0.25, -0.2) is 14.2 Å². The minimum atomic E-state index is -0.893. The van der Waals surface area contributed by atoms with Gasteiger partial charge in [-0.2, -0.15) is 5.26 Å². The number of hydrogen-bond donors (Lipinski definition) is 0. The van der Waals surface area contributed by atoms with E-state index in [1.165, 1.54) is 28.0 Å². The van der Waals surface area contributed by atoms with Crippen molar-refractivity contribution < 1.29 is 18.7 Å². The lowest BCUT2D eigenvalue weighted by Crippen LogP contribution is -2.40. The highest BCUT2D eigenvalue weighted by Gasteiger charge is 2.35. The van der Waals surface area contributed by atoms with Crippen molar-refractivity contribution in [3.8, 4) is 11.8 Å². The van der Waals surface area contributed by atoms with Gasteiger partial charge in [0.05, 0.1) is 47.2 Å².